The van der Waals surface area contributed by atoms with E-state index in [1.165, 1.54) is 12.3 Å². The summed E-state index contributed by atoms with van der Waals surface area (Å²) in [5.74, 6) is 0. The second-order valence-electron chi connectivity index (χ2n) is 5.96. The molecule has 0 spiro atoms. The summed E-state index contributed by atoms with van der Waals surface area (Å²) in [6, 6.07) is 13.6. The van der Waals surface area contributed by atoms with E-state index in [-0.39, 0.29) is 5.52 Å². The highest BCUT2D eigenvalue weighted by Gasteiger charge is 2.33. The molecule has 0 saturated carbocycles. The van der Waals surface area contributed by atoms with Crippen LogP contribution in [0.2, 0.25) is 0 Å². The minimum atomic E-state index is -4.45. The fraction of sp³-hybridized carbons (Fsp3) is 0.100. The molecule has 130 valence electrons. The number of pyridine rings is 1. The normalized spacial score (nSPS) is 11.8. The highest BCUT2D eigenvalue weighted by molar-refractivity contribution is 5.97. The van der Waals surface area contributed by atoms with E-state index >= 15 is 0 Å². The van der Waals surface area contributed by atoms with Gasteiger partial charge in [0.2, 0.25) is 0 Å². The van der Waals surface area contributed by atoms with E-state index < -0.39 is 11.7 Å². The van der Waals surface area contributed by atoms with Gasteiger partial charge in [-0.2, -0.15) is 13.2 Å². The smallest absolute Gasteiger partial charge is 0.333 e. The van der Waals surface area contributed by atoms with Gasteiger partial charge in [0.1, 0.15) is 0 Å². The highest BCUT2D eigenvalue weighted by Crippen LogP contribution is 2.38. The third-order valence-electron chi connectivity index (χ3n) is 4.26. The Morgan fingerprint density at radius 2 is 1.77 bits per heavy atom. The molecule has 26 heavy (non-hydrogen) atoms. The molecule has 0 aliphatic carbocycles. The first-order valence-corrected chi connectivity index (χ1v) is 8.03. The Bertz CT molecular complexity index is 1040. The van der Waals surface area contributed by atoms with E-state index in [0.717, 1.165) is 22.8 Å². The minimum Gasteiger partial charge on any atom is -0.333 e. The minimum absolute atomic E-state index is 0.0340. The number of aromatic nitrogens is 3. The van der Waals surface area contributed by atoms with Gasteiger partial charge in [0.15, 0.2) is 0 Å². The van der Waals surface area contributed by atoms with Gasteiger partial charge in [-0.05, 0) is 22.8 Å². The molecule has 3 nitrogen and oxygen atoms in total. The first-order chi connectivity index (χ1) is 12.5. The van der Waals surface area contributed by atoms with Crippen LogP contribution in [0, 0.1) is 0 Å². The second kappa shape index (κ2) is 6.29. The molecular formula is C20H14F3N3. The Balaban J connectivity index is 2.00. The van der Waals surface area contributed by atoms with Gasteiger partial charge < -0.3 is 4.57 Å². The van der Waals surface area contributed by atoms with Gasteiger partial charge in [-0.3, -0.25) is 4.98 Å². The van der Waals surface area contributed by atoms with Crippen LogP contribution in [-0.4, -0.2) is 14.5 Å². The van der Waals surface area contributed by atoms with Gasteiger partial charge in [0.05, 0.1) is 24.0 Å². The number of hydrogen-bond acceptors (Lipinski definition) is 2. The van der Waals surface area contributed by atoms with Crippen molar-refractivity contribution in [1.29, 1.82) is 0 Å². The van der Waals surface area contributed by atoms with Crippen molar-refractivity contribution in [2.75, 3.05) is 0 Å². The Morgan fingerprint density at radius 3 is 2.46 bits per heavy atom. The van der Waals surface area contributed by atoms with Crippen molar-refractivity contribution in [3.05, 3.63) is 84.6 Å². The third kappa shape index (κ3) is 2.94. The molecule has 0 amide bonds. The van der Waals surface area contributed by atoms with Crippen LogP contribution in [-0.2, 0) is 12.7 Å². The summed E-state index contributed by atoms with van der Waals surface area (Å²) in [5, 5.41) is 0.489. The molecule has 0 N–H and O–H groups in total. The summed E-state index contributed by atoms with van der Waals surface area (Å²) in [5.41, 5.74) is 1.69. The zero-order chi connectivity index (χ0) is 18.1. The zero-order valence-corrected chi connectivity index (χ0v) is 13.6. The van der Waals surface area contributed by atoms with Crippen LogP contribution in [0.4, 0.5) is 13.2 Å². The molecule has 6 heteroatoms. The lowest BCUT2D eigenvalue weighted by atomic mass is 9.95. The monoisotopic (exact) mass is 353 g/mol. The number of para-hydroxylation sites is 1. The summed E-state index contributed by atoms with van der Waals surface area (Å²) in [6.07, 6.45) is 2.22. The molecule has 2 aromatic carbocycles. The van der Waals surface area contributed by atoms with Crippen molar-refractivity contribution in [2.45, 2.75) is 12.7 Å². The number of nitrogens with zero attached hydrogens (tertiary/aromatic N) is 3. The predicted octanol–water partition coefficient (Wildman–Crippen LogP) is 5.17. The van der Waals surface area contributed by atoms with Crippen LogP contribution < -0.4 is 0 Å². The number of fused-ring (bicyclic) bond motifs is 1. The van der Waals surface area contributed by atoms with Gasteiger partial charge in [-0.1, -0.05) is 42.5 Å². The maximum absolute atomic E-state index is 13.4. The van der Waals surface area contributed by atoms with Crippen LogP contribution in [0.1, 0.15) is 11.1 Å². The Hall–Kier alpha value is -3.15. The SMILES string of the molecule is FC(F)(F)c1cccc2c(-c3ccccc3)c(Cn3ccnc3)cnc12. The van der Waals surface area contributed by atoms with Crippen molar-refractivity contribution >= 4 is 10.9 Å². The lowest BCUT2D eigenvalue weighted by molar-refractivity contribution is -0.136. The van der Waals surface area contributed by atoms with Crippen molar-refractivity contribution in [3.63, 3.8) is 0 Å². The van der Waals surface area contributed by atoms with Crippen LogP contribution in [0.15, 0.2) is 73.4 Å². The number of hydrogen-bond donors (Lipinski definition) is 0. The average Bonchev–Trinajstić information content (AvgIpc) is 3.14. The molecule has 4 rings (SSSR count). The van der Waals surface area contributed by atoms with Crippen molar-refractivity contribution in [2.24, 2.45) is 0 Å². The molecule has 0 fully saturated rings. The molecule has 0 atom stereocenters. The fourth-order valence-corrected chi connectivity index (χ4v) is 3.14. The number of rotatable bonds is 3. The van der Waals surface area contributed by atoms with E-state index in [1.54, 1.807) is 18.6 Å². The van der Waals surface area contributed by atoms with Gasteiger partial charge in [0, 0.05) is 24.0 Å². The molecule has 0 aliphatic rings. The van der Waals surface area contributed by atoms with Crippen LogP contribution in [0.25, 0.3) is 22.0 Å². The van der Waals surface area contributed by atoms with E-state index in [1.807, 2.05) is 41.1 Å². The van der Waals surface area contributed by atoms with Crippen molar-refractivity contribution in [1.82, 2.24) is 14.5 Å². The summed E-state index contributed by atoms with van der Waals surface area (Å²) in [6.45, 7) is 0.476. The van der Waals surface area contributed by atoms with E-state index in [2.05, 4.69) is 9.97 Å². The van der Waals surface area contributed by atoms with Gasteiger partial charge in [-0.25, -0.2) is 4.98 Å². The predicted molar refractivity (Wildman–Crippen MR) is 93.5 cm³/mol. The maximum Gasteiger partial charge on any atom is 0.418 e. The van der Waals surface area contributed by atoms with E-state index in [0.29, 0.717) is 11.9 Å². The fourth-order valence-electron chi connectivity index (χ4n) is 3.14. The first kappa shape index (κ1) is 16.3. The molecule has 0 unspecified atom stereocenters. The quantitative estimate of drug-likeness (QED) is 0.509. The number of imidazole rings is 1. The summed E-state index contributed by atoms with van der Waals surface area (Å²) < 4.78 is 42.1. The van der Waals surface area contributed by atoms with Gasteiger partial charge >= 0.3 is 6.18 Å². The van der Waals surface area contributed by atoms with Crippen molar-refractivity contribution < 1.29 is 13.2 Å². The molecule has 2 aromatic heterocycles. The number of alkyl halides is 3. The van der Waals surface area contributed by atoms with Crippen LogP contribution in [0.3, 0.4) is 0 Å². The number of benzene rings is 2. The molecule has 0 bridgehead atoms. The van der Waals surface area contributed by atoms with Gasteiger partial charge in [-0.15, -0.1) is 0 Å². The van der Waals surface area contributed by atoms with E-state index in [4.69, 9.17) is 0 Å². The Labute approximate surface area is 147 Å². The topological polar surface area (TPSA) is 30.7 Å². The molecule has 0 saturated heterocycles. The summed E-state index contributed by atoms with van der Waals surface area (Å²) in [7, 11) is 0. The zero-order valence-electron chi connectivity index (χ0n) is 13.6. The summed E-state index contributed by atoms with van der Waals surface area (Å²) in [4.78, 5) is 8.18. The summed E-state index contributed by atoms with van der Waals surface area (Å²) >= 11 is 0. The van der Waals surface area contributed by atoms with Crippen LogP contribution >= 0.6 is 0 Å². The Morgan fingerprint density at radius 1 is 0.962 bits per heavy atom. The largest absolute Gasteiger partial charge is 0.418 e. The molecule has 4 aromatic rings. The highest BCUT2D eigenvalue weighted by atomic mass is 19.4. The average molecular weight is 353 g/mol. The molecular weight excluding hydrogens is 339 g/mol. The second-order valence-corrected chi connectivity index (χ2v) is 5.96. The van der Waals surface area contributed by atoms with E-state index in [9.17, 15) is 13.2 Å². The Kier molecular flexibility index (Phi) is 3.95. The lowest BCUT2D eigenvalue weighted by Crippen LogP contribution is -2.08. The number of halogens is 3. The standard InChI is InChI=1S/C20H14F3N3/c21-20(22,23)17-8-4-7-16-18(14-5-2-1-3-6-14)15(11-25-19(16)17)12-26-10-9-24-13-26/h1-11,13H,12H2. The lowest BCUT2D eigenvalue weighted by Gasteiger charge is -2.16. The molecule has 0 radical (unpaired) electrons. The molecule has 2 heterocycles. The van der Waals surface area contributed by atoms with Crippen molar-refractivity contribution in [3.8, 4) is 11.1 Å². The third-order valence-corrected chi connectivity index (χ3v) is 4.26. The molecule has 0 aliphatic heterocycles. The first-order valence-electron chi connectivity index (χ1n) is 8.03. The van der Waals surface area contributed by atoms with Crippen LogP contribution in [0.5, 0.6) is 0 Å². The van der Waals surface area contributed by atoms with Gasteiger partial charge in [0.25, 0.3) is 0 Å². The maximum atomic E-state index is 13.4.